The van der Waals surface area contributed by atoms with Crippen LogP contribution in [0.2, 0.25) is 0 Å². The van der Waals surface area contributed by atoms with Crippen LogP contribution in [0.3, 0.4) is 0 Å². The van der Waals surface area contributed by atoms with Crippen molar-refractivity contribution in [2.45, 2.75) is 0 Å². The van der Waals surface area contributed by atoms with E-state index in [1.807, 2.05) is 18.2 Å². The molecule has 0 radical (unpaired) electrons. The van der Waals surface area contributed by atoms with Crippen molar-refractivity contribution in [3.05, 3.63) is 95.6 Å². The van der Waals surface area contributed by atoms with Gasteiger partial charge in [0, 0.05) is 11.1 Å². The molecule has 4 heteroatoms. The minimum Gasteiger partial charge on any atom is -0.478 e. The lowest BCUT2D eigenvalue weighted by atomic mass is 10.0. The van der Waals surface area contributed by atoms with Gasteiger partial charge in [-0.05, 0) is 48.5 Å². The smallest absolute Gasteiger partial charge is 0.335 e. The van der Waals surface area contributed by atoms with E-state index in [2.05, 4.69) is 0 Å². The van der Waals surface area contributed by atoms with Crippen LogP contribution < -0.4 is 4.74 Å². The Kier molecular flexibility index (Phi) is 4.38. The second kappa shape index (κ2) is 6.79. The average Bonchev–Trinajstić information content (AvgIpc) is 2.63. The van der Waals surface area contributed by atoms with Crippen molar-refractivity contribution in [1.82, 2.24) is 0 Å². The summed E-state index contributed by atoms with van der Waals surface area (Å²) in [5.41, 5.74) is 1.41. The van der Waals surface area contributed by atoms with Gasteiger partial charge < -0.3 is 9.84 Å². The lowest BCUT2D eigenvalue weighted by molar-refractivity contribution is 0.0696. The summed E-state index contributed by atoms with van der Waals surface area (Å²) in [5.74, 6) is 0.0723. The first-order valence-electron chi connectivity index (χ1n) is 7.34. The molecule has 0 aromatic heterocycles. The highest BCUT2D eigenvalue weighted by atomic mass is 16.5. The maximum atomic E-state index is 12.3. The number of carbonyl (C=O) groups is 2. The van der Waals surface area contributed by atoms with Crippen LogP contribution in [-0.4, -0.2) is 16.9 Å². The van der Waals surface area contributed by atoms with E-state index >= 15 is 0 Å². The molecular weight excluding hydrogens is 304 g/mol. The van der Waals surface area contributed by atoms with E-state index in [1.165, 1.54) is 12.1 Å². The summed E-state index contributed by atoms with van der Waals surface area (Å²) in [6, 6.07) is 22.0. The highest BCUT2D eigenvalue weighted by Crippen LogP contribution is 2.23. The molecule has 24 heavy (non-hydrogen) atoms. The third-order valence-corrected chi connectivity index (χ3v) is 3.49. The van der Waals surface area contributed by atoms with Crippen molar-refractivity contribution in [2.75, 3.05) is 0 Å². The zero-order valence-electron chi connectivity index (χ0n) is 12.7. The lowest BCUT2D eigenvalue weighted by Crippen LogP contribution is -2.00. The number of carbonyl (C=O) groups excluding carboxylic acids is 1. The van der Waals surface area contributed by atoms with Gasteiger partial charge in [-0.2, -0.15) is 0 Å². The van der Waals surface area contributed by atoms with Gasteiger partial charge in [0.05, 0.1) is 5.56 Å². The van der Waals surface area contributed by atoms with E-state index in [4.69, 9.17) is 9.84 Å². The summed E-state index contributed by atoms with van der Waals surface area (Å²) in [6.45, 7) is 0. The molecule has 3 aromatic rings. The fraction of sp³-hybridized carbons (Fsp3) is 0. The molecular formula is C20H14O4. The van der Waals surface area contributed by atoms with E-state index in [9.17, 15) is 9.59 Å². The van der Waals surface area contributed by atoms with Crippen LogP contribution >= 0.6 is 0 Å². The van der Waals surface area contributed by atoms with Gasteiger partial charge >= 0.3 is 5.97 Å². The number of rotatable bonds is 5. The van der Waals surface area contributed by atoms with Gasteiger partial charge in [-0.15, -0.1) is 0 Å². The molecule has 118 valence electrons. The molecule has 4 nitrogen and oxygen atoms in total. The molecule has 0 fully saturated rings. The Bertz CT molecular complexity index is 850. The lowest BCUT2D eigenvalue weighted by Gasteiger charge is -2.07. The Morgan fingerprint density at radius 3 is 1.58 bits per heavy atom. The van der Waals surface area contributed by atoms with Gasteiger partial charge in [-0.25, -0.2) is 4.79 Å². The SMILES string of the molecule is O=C(O)c1ccc(Oc2ccc(C(=O)c3ccccc3)cc2)cc1. The van der Waals surface area contributed by atoms with E-state index in [-0.39, 0.29) is 11.3 Å². The number of ether oxygens (including phenoxy) is 1. The second-order valence-electron chi connectivity index (χ2n) is 5.15. The van der Waals surface area contributed by atoms with E-state index in [0.717, 1.165) is 0 Å². The van der Waals surface area contributed by atoms with Crippen molar-refractivity contribution in [3.63, 3.8) is 0 Å². The van der Waals surface area contributed by atoms with Crippen molar-refractivity contribution >= 4 is 11.8 Å². The topological polar surface area (TPSA) is 63.6 Å². The quantitative estimate of drug-likeness (QED) is 0.708. The van der Waals surface area contributed by atoms with Crippen molar-refractivity contribution < 1.29 is 19.4 Å². The maximum absolute atomic E-state index is 12.3. The molecule has 0 aliphatic heterocycles. The van der Waals surface area contributed by atoms with Gasteiger partial charge in [0.2, 0.25) is 0 Å². The fourth-order valence-corrected chi connectivity index (χ4v) is 2.23. The molecule has 0 bridgehead atoms. The number of aromatic carboxylic acids is 1. The molecule has 0 saturated carbocycles. The fourth-order valence-electron chi connectivity index (χ4n) is 2.23. The largest absolute Gasteiger partial charge is 0.478 e. The van der Waals surface area contributed by atoms with Gasteiger partial charge in [-0.1, -0.05) is 30.3 Å². The monoisotopic (exact) mass is 318 g/mol. The molecule has 0 spiro atoms. The molecule has 3 rings (SSSR count). The molecule has 1 N–H and O–H groups in total. The van der Waals surface area contributed by atoms with Gasteiger partial charge in [-0.3, -0.25) is 4.79 Å². The summed E-state index contributed by atoms with van der Waals surface area (Å²) < 4.78 is 5.65. The number of hydrogen-bond acceptors (Lipinski definition) is 3. The third-order valence-electron chi connectivity index (χ3n) is 3.49. The first-order chi connectivity index (χ1) is 11.6. The molecule has 3 aromatic carbocycles. The molecule has 0 amide bonds. The molecule has 0 aliphatic carbocycles. The second-order valence-corrected chi connectivity index (χ2v) is 5.15. The van der Waals surface area contributed by atoms with Crippen molar-refractivity contribution in [3.8, 4) is 11.5 Å². The first-order valence-corrected chi connectivity index (χ1v) is 7.34. The summed E-state index contributed by atoms with van der Waals surface area (Å²) in [7, 11) is 0. The summed E-state index contributed by atoms with van der Waals surface area (Å²) in [5, 5.41) is 8.87. The van der Waals surface area contributed by atoms with Crippen LogP contribution in [0, 0.1) is 0 Å². The van der Waals surface area contributed by atoms with Crippen LogP contribution in [-0.2, 0) is 0 Å². The Balaban J connectivity index is 1.72. The third kappa shape index (κ3) is 3.50. The maximum Gasteiger partial charge on any atom is 0.335 e. The van der Waals surface area contributed by atoms with Crippen LogP contribution in [0.1, 0.15) is 26.3 Å². The first kappa shape index (κ1) is 15.5. The van der Waals surface area contributed by atoms with Crippen LogP contribution in [0.4, 0.5) is 0 Å². The van der Waals surface area contributed by atoms with Crippen LogP contribution in [0.25, 0.3) is 0 Å². The summed E-state index contributed by atoms with van der Waals surface area (Å²) >= 11 is 0. The number of benzene rings is 3. The minimum absolute atomic E-state index is 0.0482. The zero-order valence-corrected chi connectivity index (χ0v) is 12.7. The number of carboxylic acid groups (broad SMARTS) is 1. The Labute approximate surface area is 139 Å². The predicted molar refractivity (Wildman–Crippen MR) is 89.8 cm³/mol. The van der Waals surface area contributed by atoms with E-state index in [1.54, 1.807) is 48.5 Å². The number of ketones is 1. The number of carboxylic acids is 1. The van der Waals surface area contributed by atoms with Gasteiger partial charge in [0.1, 0.15) is 11.5 Å². The predicted octanol–water partition coefficient (Wildman–Crippen LogP) is 4.41. The van der Waals surface area contributed by atoms with Crippen molar-refractivity contribution in [1.29, 1.82) is 0 Å². The van der Waals surface area contributed by atoms with Crippen LogP contribution in [0.15, 0.2) is 78.9 Å². The molecule has 0 unspecified atom stereocenters. The minimum atomic E-state index is -0.981. The highest BCUT2D eigenvalue weighted by molar-refractivity contribution is 6.08. The summed E-state index contributed by atoms with van der Waals surface area (Å²) in [6.07, 6.45) is 0. The average molecular weight is 318 g/mol. The van der Waals surface area contributed by atoms with Gasteiger partial charge in [0.25, 0.3) is 0 Å². The summed E-state index contributed by atoms with van der Waals surface area (Å²) in [4.78, 5) is 23.1. The van der Waals surface area contributed by atoms with E-state index in [0.29, 0.717) is 22.6 Å². The molecule has 0 atom stereocenters. The van der Waals surface area contributed by atoms with Gasteiger partial charge in [0.15, 0.2) is 5.78 Å². The molecule has 0 heterocycles. The van der Waals surface area contributed by atoms with Crippen molar-refractivity contribution in [2.24, 2.45) is 0 Å². The van der Waals surface area contributed by atoms with Crippen LogP contribution in [0.5, 0.6) is 11.5 Å². The zero-order chi connectivity index (χ0) is 16.9. The highest BCUT2D eigenvalue weighted by Gasteiger charge is 2.09. The normalized spacial score (nSPS) is 10.2. The van der Waals surface area contributed by atoms with E-state index < -0.39 is 5.97 Å². The standard InChI is InChI=1S/C20H14O4/c21-19(14-4-2-1-3-5-14)15-6-10-17(11-7-15)24-18-12-8-16(9-13-18)20(22)23/h1-13H,(H,22,23). The molecule has 0 saturated heterocycles. The Morgan fingerprint density at radius 2 is 1.08 bits per heavy atom. The Morgan fingerprint density at radius 1 is 0.625 bits per heavy atom. The number of hydrogen-bond donors (Lipinski definition) is 1. The Hall–Kier alpha value is -3.40. The molecule has 0 aliphatic rings.